The number of nitrogens with zero attached hydrogens (tertiary/aromatic N) is 5. The molecule has 0 unspecified atom stereocenters. The highest BCUT2D eigenvalue weighted by Crippen LogP contribution is 2.26. The third-order valence-corrected chi connectivity index (χ3v) is 5.72. The largest absolute Gasteiger partial charge is 0.368 e. The molecular formula is C19H22N6OS. The number of carbonyl (C=O) groups is 1. The van der Waals surface area contributed by atoms with E-state index in [1.54, 1.807) is 5.51 Å². The van der Waals surface area contributed by atoms with Gasteiger partial charge in [0.05, 0.1) is 5.51 Å². The van der Waals surface area contributed by atoms with Crippen molar-refractivity contribution in [2.75, 3.05) is 36.8 Å². The molecule has 7 nitrogen and oxygen atoms in total. The first kappa shape index (κ1) is 17.7. The lowest BCUT2D eigenvalue weighted by atomic mass is 10.0. The summed E-state index contributed by atoms with van der Waals surface area (Å²) in [5.74, 6) is 1.24. The topological polar surface area (TPSA) is 88.2 Å². The van der Waals surface area contributed by atoms with Crippen LogP contribution in [-0.2, 0) is 11.2 Å². The van der Waals surface area contributed by atoms with Crippen molar-refractivity contribution in [2.45, 2.75) is 19.8 Å². The van der Waals surface area contributed by atoms with Crippen LogP contribution in [-0.4, -0.2) is 51.9 Å². The van der Waals surface area contributed by atoms with Crippen molar-refractivity contribution >= 4 is 39.4 Å². The Morgan fingerprint density at radius 2 is 1.96 bits per heavy atom. The van der Waals surface area contributed by atoms with E-state index in [9.17, 15) is 4.79 Å². The molecule has 8 heteroatoms. The molecule has 140 valence electrons. The third kappa shape index (κ3) is 3.71. The molecule has 0 atom stereocenters. The normalized spacial score (nSPS) is 14.7. The van der Waals surface area contributed by atoms with Gasteiger partial charge >= 0.3 is 0 Å². The van der Waals surface area contributed by atoms with Gasteiger partial charge in [0.1, 0.15) is 5.52 Å². The quantitative estimate of drug-likeness (QED) is 0.745. The Balaban J connectivity index is 1.38. The number of aromatic nitrogens is 3. The fourth-order valence-electron chi connectivity index (χ4n) is 3.44. The molecule has 2 N–H and O–H groups in total. The van der Waals surface area contributed by atoms with Crippen molar-refractivity contribution < 1.29 is 4.79 Å². The summed E-state index contributed by atoms with van der Waals surface area (Å²) in [6.07, 6.45) is 1.33. The van der Waals surface area contributed by atoms with E-state index in [2.05, 4.69) is 38.9 Å². The first-order valence-corrected chi connectivity index (χ1v) is 9.94. The van der Waals surface area contributed by atoms with Crippen LogP contribution < -0.4 is 10.6 Å². The van der Waals surface area contributed by atoms with Gasteiger partial charge < -0.3 is 15.5 Å². The van der Waals surface area contributed by atoms with Crippen molar-refractivity contribution in [3.63, 3.8) is 0 Å². The number of thiazole rings is 1. The summed E-state index contributed by atoms with van der Waals surface area (Å²) in [5, 5.41) is 0. The Labute approximate surface area is 161 Å². The van der Waals surface area contributed by atoms with Crippen molar-refractivity contribution in [3.8, 4) is 0 Å². The summed E-state index contributed by atoms with van der Waals surface area (Å²) in [7, 11) is 0. The Hall–Kier alpha value is -2.74. The molecule has 1 aliphatic heterocycles. The van der Waals surface area contributed by atoms with Crippen LogP contribution >= 0.6 is 11.3 Å². The second-order valence-electron chi connectivity index (χ2n) is 6.71. The molecule has 1 aromatic carbocycles. The summed E-state index contributed by atoms with van der Waals surface area (Å²) < 4.78 is 0. The van der Waals surface area contributed by atoms with E-state index in [4.69, 9.17) is 5.73 Å². The molecular weight excluding hydrogens is 360 g/mol. The number of nitrogens with two attached hydrogens (primary N) is 1. The Morgan fingerprint density at radius 3 is 2.74 bits per heavy atom. The maximum atomic E-state index is 12.6. The van der Waals surface area contributed by atoms with E-state index in [1.807, 2.05) is 17.0 Å². The van der Waals surface area contributed by atoms with Gasteiger partial charge in [0.25, 0.3) is 0 Å². The molecule has 0 spiro atoms. The summed E-state index contributed by atoms with van der Waals surface area (Å²) in [6, 6.07) is 8.24. The van der Waals surface area contributed by atoms with Crippen LogP contribution in [0, 0.1) is 6.92 Å². The van der Waals surface area contributed by atoms with E-state index in [-0.39, 0.29) is 11.9 Å². The fourth-order valence-corrected chi connectivity index (χ4v) is 4.10. The van der Waals surface area contributed by atoms with Crippen LogP contribution in [0.3, 0.4) is 0 Å². The van der Waals surface area contributed by atoms with E-state index >= 15 is 0 Å². The van der Waals surface area contributed by atoms with Crippen LogP contribution in [0.1, 0.15) is 17.5 Å². The van der Waals surface area contributed by atoms with Gasteiger partial charge in [0.15, 0.2) is 10.6 Å². The molecule has 0 aliphatic carbocycles. The SMILES string of the molecule is Cc1ccccc1CCC(=O)N1CCN(c2nc(N)nc3scnc23)CC1. The molecule has 3 heterocycles. The number of rotatable bonds is 4. The molecule has 4 rings (SSSR count). The summed E-state index contributed by atoms with van der Waals surface area (Å²) in [4.78, 5) is 30.5. The van der Waals surface area contributed by atoms with E-state index in [0.29, 0.717) is 19.5 Å². The van der Waals surface area contributed by atoms with Gasteiger partial charge in [0.2, 0.25) is 11.9 Å². The number of hydrogen-bond donors (Lipinski definition) is 1. The molecule has 1 saturated heterocycles. The van der Waals surface area contributed by atoms with Gasteiger partial charge in [-0.2, -0.15) is 4.98 Å². The molecule has 0 bridgehead atoms. The van der Waals surface area contributed by atoms with Gasteiger partial charge in [-0.15, -0.1) is 11.3 Å². The van der Waals surface area contributed by atoms with E-state index < -0.39 is 0 Å². The van der Waals surface area contributed by atoms with Gasteiger partial charge in [-0.25, -0.2) is 9.97 Å². The monoisotopic (exact) mass is 382 g/mol. The van der Waals surface area contributed by atoms with Gasteiger partial charge in [-0.3, -0.25) is 4.79 Å². The number of fused-ring (bicyclic) bond motifs is 1. The number of benzene rings is 1. The average Bonchev–Trinajstić information content (AvgIpc) is 3.15. The molecule has 27 heavy (non-hydrogen) atoms. The number of amides is 1. The number of nitrogen functional groups attached to an aromatic ring is 1. The standard InChI is InChI=1S/C19H22N6OS/c1-13-4-2-3-5-14(13)6-7-15(26)24-8-10-25(11-9-24)17-16-18(27-12-21-16)23-19(20)22-17/h2-5,12H,6-11H2,1H3,(H2,20,22,23). The molecule has 3 aromatic rings. The number of aryl methyl sites for hydroxylation is 2. The Morgan fingerprint density at radius 1 is 1.19 bits per heavy atom. The van der Waals surface area contributed by atoms with Gasteiger partial charge in [-0.1, -0.05) is 24.3 Å². The highest BCUT2D eigenvalue weighted by molar-refractivity contribution is 7.16. The van der Waals surface area contributed by atoms with Crippen LogP contribution in [0.25, 0.3) is 10.3 Å². The Kier molecular flexibility index (Phi) is 4.89. The van der Waals surface area contributed by atoms with Crippen LogP contribution in [0.15, 0.2) is 29.8 Å². The summed E-state index contributed by atoms with van der Waals surface area (Å²) in [5.41, 5.74) is 10.9. The smallest absolute Gasteiger partial charge is 0.223 e. The van der Waals surface area contributed by atoms with E-state index in [1.165, 1.54) is 22.5 Å². The van der Waals surface area contributed by atoms with Crippen molar-refractivity contribution in [2.24, 2.45) is 0 Å². The molecule has 1 amide bonds. The zero-order valence-electron chi connectivity index (χ0n) is 15.3. The fraction of sp³-hybridized carbons (Fsp3) is 0.368. The Bertz CT molecular complexity index is 964. The van der Waals surface area contributed by atoms with Crippen LogP contribution in [0.2, 0.25) is 0 Å². The highest BCUT2D eigenvalue weighted by atomic mass is 32.1. The summed E-state index contributed by atoms with van der Waals surface area (Å²) >= 11 is 1.46. The number of hydrogen-bond acceptors (Lipinski definition) is 7. The van der Waals surface area contributed by atoms with Crippen LogP contribution in [0.5, 0.6) is 0 Å². The molecule has 0 saturated carbocycles. The number of piperazine rings is 1. The molecule has 2 aromatic heterocycles. The predicted octanol–water partition coefficient (Wildman–Crippen LogP) is 2.26. The first-order valence-electron chi connectivity index (χ1n) is 9.06. The maximum Gasteiger partial charge on any atom is 0.223 e. The molecule has 0 radical (unpaired) electrons. The highest BCUT2D eigenvalue weighted by Gasteiger charge is 2.24. The first-order chi connectivity index (χ1) is 13.1. The van der Waals surface area contributed by atoms with Gasteiger partial charge in [0, 0.05) is 32.6 Å². The minimum atomic E-state index is 0.207. The van der Waals surface area contributed by atoms with Crippen LogP contribution in [0.4, 0.5) is 11.8 Å². The lowest BCUT2D eigenvalue weighted by molar-refractivity contribution is -0.131. The summed E-state index contributed by atoms with van der Waals surface area (Å²) in [6.45, 7) is 4.90. The van der Waals surface area contributed by atoms with E-state index in [0.717, 1.165) is 35.7 Å². The molecule has 1 fully saturated rings. The zero-order valence-corrected chi connectivity index (χ0v) is 16.1. The lowest BCUT2D eigenvalue weighted by Crippen LogP contribution is -2.49. The maximum absolute atomic E-state index is 12.6. The predicted molar refractivity (Wildman–Crippen MR) is 108 cm³/mol. The molecule has 1 aliphatic rings. The van der Waals surface area contributed by atoms with Crippen molar-refractivity contribution in [3.05, 3.63) is 40.9 Å². The number of carbonyl (C=O) groups excluding carboxylic acids is 1. The van der Waals surface area contributed by atoms with Crippen molar-refractivity contribution in [1.29, 1.82) is 0 Å². The minimum Gasteiger partial charge on any atom is -0.368 e. The second-order valence-corrected chi connectivity index (χ2v) is 7.54. The third-order valence-electron chi connectivity index (χ3n) is 5.00. The van der Waals surface area contributed by atoms with Crippen molar-refractivity contribution in [1.82, 2.24) is 19.9 Å². The average molecular weight is 382 g/mol. The van der Waals surface area contributed by atoms with Gasteiger partial charge in [-0.05, 0) is 24.5 Å². The lowest BCUT2D eigenvalue weighted by Gasteiger charge is -2.35. The second kappa shape index (κ2) is 7.48. The zero-order chi connectivity index (χ0) is 18.8. The minimum absolute atomic E-state index is 0.207. The number of anilines is 2.